The quantitative estimate of drug-likeness (QED) is 0.836. The fourth-order valence-corrected chi connectivity index (χ4v) is 4.41. The lowest BCUT2D eigenvalue weighted by Gasteiger charge is -2.23. The molecular formula is C15H19N5O3S. The van der Waals surface area contributed by atoms with Crippen molar-refractivity contribution in [2.75, 3.05) is 6.54 Å². The van der Waals surface area contributed by atoms with Crippen molar-refractivity contribution in [3.63, 3.8) is 0 Å². The second-order valence-electron chi connectivity index (χ2n) is 5.67. The molecule has 0 bridgehead atoms. The Morgan fingerprint density at radius 2 is 2.29 bits per heavy atom. The second kappa shape index (κ2) is 6.70. The average molecular weight is 349 g/mol. The molecule has 1 saturated heterocycles. The van der Waals surface area contributed by atoms with Crippen LogP contribution in [0, 0.1) is 0 Å². The molecule has 8 nitrogen and oxygen atoms in total. The molecule has 0 aliphatic carbocycles. The highest BCUT2D eigenvalue weighted by Crippen LogP contribution is 2.35. The first-order valence-electron chi connectivity index (χ1n) is 7.69. The minimum atomic E-state index is -3.60. The summed E-state index contributed by atoms with van der Waals surface area (Å²) < 4.78 is 27.0. The van der Waals surface area contributed by atoms with E-state index in [0.717, 1.165) is 6.42 Å². The number of rotatable bonds is 5. The van der Waals surface area contributed by atoms with Crippen LogP contribution in [0.1, 0.15) is 37.2 Å². The maximum atomic E-state index is 12.8. The highest BCUT2D eigenvalue weighted by atomic mass is 32.2. The Kier molecular flexibility index (Phi) is 4.63. The van der Waals surface area contributed by atoms with Crippen LogP contribution in [0.2, 0.25) is 0 Å². The van der Waals surface area contributed by atoms with Crippen molar-refractivity contribution in [3.05, 3.63) is 42.0 Å². The Hall–Kier alpha value is -2.26. The molecule has 1 aliphatic rings. The van der Waals surface area contributed by atoms with Gasteiger partial charge in [-0.3, -0.25) is 14.9 Å². The summed E-state index contributed by atoms with van der Waals surface area (Å²) in [5, 5.41) is 8.96. The molecule has 0 radical (unpaired) electrons. The van der Waals surface area contributed by atoms with Crippen LogP contribution in [-0.4, -0.2) is 40.4 Å². The van der Waals surface area contributed by atoms with Crippen LogP contribution < -0.4 is 5.32 Å². The lowest BCUT2D eigenvalue weighted by atomic mass is 10.1. The highest BCUT2D eigenvalue weighted by molar-refractivity contribution is 7.89. The third kappa shape index (κ3) is 3.31. The van der Waals surface area contributed by atoms with Gasteiger partial charge in [0.2, 0.25) is 15.9 Å². The van der Waals surface area contributed by atoms with Crippen molar-refractivity contribution < 1.29 is 13.2 Å². The Morgan fingerprint density at radius 3 is 3.00 bits per heavy atom. The predicted octanol–water partition coefficient (Wildman–Crippen LogP) is 0.967. The first-order valence-corrected chi connectivity index (χ1v) is 9.13. The standard InChI is InChI=1S/C15H19N5O3S/c1-11(21)16-8-12-4-2-5-14(19-12)15-6-3-7-20(15)24(22,23)13-9-17-18-10-13/h2,4-5,9-10,15H,3,6-8H2,1H3,(H,16,21)(H,17,18). The largest absolute Gasteiger partial charge is 0.351 e. The number of sulfonamides is 1. The van der Waals surface area contributed by atoms with Crippen molar-refractivity contribution in [1.29, 1.82) is 0 Å². The smallest absolute Gasteiger partial charge is 0.246 e. The number of nitrogens with one attached hydrogen (secondary N) is 2. The van der Waals surface area contributed by atoms with Gasteiger partial charge in [0.1, 0.15) is 4.90 Å². The molecule has 2 aromatic rings. The zero-order valence-corrected chi connectivity index (χ0v) is 14.1. The minimum absolute atomic E-state index is 0.132. The number of carbonyl (C=O) groups excluding carboxylic acids is 1. The Morgan fingerprint density at radius 1 is 1.46 bits per heavy atom. The minimum Gasteiger partial charge on any atom is -0.351 e. The maximum Gasteiger partial charge on any atom is 0.246 e. The molecule has 1 amide bonds. The van der Waals surface area contributed by atoms with Crippen LogP contribution in [0.25, 0.3) is 0 Å². The SMILES string of the molecule is CC(=O)NCc1cccc(C2CCCN2S(=O)(=O)c2cn[nH]c2)n1. The molecule has 0 saturated carbocycles. The zero-order chi connectivity index (χ0) is 17.2. The number of H-pyrrole nitrogens is 1. The van der Waals surface area contributed by atoms with Gasteiger partial charge in [0.15, 0.2) is 0 Å². The molecule has 9 heteroatoms. The number of carbonyl (C=O) groups is 1. The van der Waals surface area contributed by atoms with Gasteiger partial charge in [-0.05, 0) is 25.0 Å². The van der Waals surface area contributed by atoms with Crippen LogP contribution >= 0.6 is 0 Å². The number of amides is 1. The van der Waals surface area contributed by atoms with E-state index in [9.17, 15) is 13.2 Å². The summed E-state index contributed by atoms with van der Waals surface area (Å²) in [5.41, 5.74) is 1.40. The molecule has 3 rings (SSSR count). The molecule has 1 fully saturated rings. The lowest BCUT2D eigenvalue weighted by molar-refractivity contribution is -0.119. The van der Waals surface area contributed by atoms with Gasteiger partial charge in [0.25, 0.3) is 0 Å². The van der Waals surface area contributed by atoms with Gasteiger partial charge < -0.3 is 5.32 Å². The normalized spacial score (nSPS) is 18.6. The van der Waals surface area contributed by atoms with Gasteiger partial charge in [-0.2, -0.15) is 9.40 Å². The number of hydrogen-bond donors (Lipinski definition) is 2. The van der Waals surface area contributed by atoms with E-state index in [1.807, 2.05) is 18.2 Å². The van der Waals surface area contributed by atoms with Crippen molar-refractivity contribution in [3.8, 4) is 0 Å². The van der Waals surface area contributed by atoms with Gasteiger partial charge in [-0.15, -0.1) is 0 Å². The Labute approximate surface area is 140 Å². The summed E-state index contributed by atoms with van der Waals surface area (Å²) in [6, 6.07) is 5.16. The van der Waals surface area contributed by atoms with E-state index >= 15 is 0 Å². The molecule has 3 heterocycles. The van der Waals surface area contributed by atoms with Crippen molar-refractivity contribution in [2.45, 2.75) is 37.2 Å². The molecule has 0 aromatic carbocycles. The lowest BCUT2D eigenvalue weighted by Crippen LogP contribution is -2.31. The van der Waals surface area contributed by atoms with E-state index < -0.39 is 10.0 Å². The van der Waals surface area contributed by atoms with Crippen molar-refractivity contribution in [2.24, 2.45) is 0 Å². The van der Waals surface area contributed by atoms with Gasteiger partial charge in [-0.25, -0.2) is 8.42 Å². The summed E-state index contributed by atoms with van der Waals surface area (Å²) in [5.74, 6) is -0.132. The molecule has 1 aliphatic heterocycles. The molecule has 24 heavy (non-hydrogen) atoms. The summed E-state index contributed by atoms with van der Waals surface area (Å²) in [6.07, 6.45) is 4.18. The molecular weight excluding hydrogens is 330 g/mol. The number of aromatic amines is 1. The summed E-state index contributed by atoms with van der Waals surface area (Å²) in [6.45, 7) is 2.22. The van der Waals surface area contributed by atoms with E-state index in [1.54, 1.807) is 0 Å². The topological polar surface area (TPSA) is 108 Å². The highest BCUT2D eigenvalue weighted by Gasteiger charge is 2.37. The first-order chi connectivity index (χ1) is 11.5. The third-order valence-electron chi connectivity index (χ3n) is 3.97. The Balaban J connectivity index is 1.86. The summed E-state index contributed by atoms with van der Waals surface area (Å²) in [4.78, 5) is 15.7. The van der Waals surface area contributed by atoms with E-state index in [-0.39, 0.29) is 16.8 Å². The van der Waals surface area contributed by atoms with Crippen LogP contribution in [-0.2, 0) is 21.4 Å². The summed E-state index contributed by atoms with van der Waals surface area (Å²) >= 11 is 0. The fraction of sp³-hybridized carbons (Fsp3) is 0.400. The van der Waals surface area contributed by atoms with Crippen LogP contribution in [0.15, 0.2) is 35.5 Å². The number of hydrogen-bond acceptors (Lipinski definition) is 5. The Bertz CT molecular complexity index is 819. The second-order valence-corrected chi connectivity index (χ2v) is 7.56. The molecule has 2 N–H and O–H groups in total. The molecule has 0 spiro atoms. The number of aromatic nitrogens is 3. The maximum absolute atomic E-state index is 12.8. The predicted molar refractivity (Wildman–Crippen MR) is 86.2 cm³/mol. The van der Waals surface area contributed by atoms with E-state index in [4.69, 9.17) is 0 Å². The van der Waals surface area contributed by atoms with Gasteiger partial charge in [0.05, 0.1) is 30.2 Å². The molecule has 2 aromatic heterocycles. The van der Waals surface area contributed by atoms with E-state index in [1.165, 1.54) is 23.6 Å². The zero-order valence-electron chi connectivity index (χ0n) is 13.3. The van der Waals surface area contributed by atoms with Crippen LogP contribution in [0.3, 0.4) is 0 Å². The van der Waals surface area contributed by atoms with Crippen LogP contribution in [0.4, 0.5) is 0 Å². The first kappa shape index (κ1) is 16.6. The third-order valence-corrected chi connectivity index (χ3v) is 5.85. The van der Waals surface area contributed by atoms with Gasteiger partial charge in [0, 0.05) is 19.7 Å². The number of nitrogens with zero attached hydrogens (tertiary/aromatic N) is 3. The van der Waals surface area contributed by atoms with Gasteiger partial charge in [-0.1, -0.05) is 6.07 Å². The molecule has 1 unspecified atom stereocenters. The monoisotopic (exact) mass is 349 g/mol. The number of pyridine rings is 1. The van der Waals surface area contributed by atoms with Crippen molar-refractivity contribution in [1.82, 2.24) is 24.8 Å². The molecule has 128 valence electrons. The fourth-order valence-electron chi connectivity index (χ4n) is 2.84. The van der Waals surface area contributed by atoms with E-state index in [2.05, 4.69) is 20.5 Å². The summed E-state index contributed by atoms with van der Waals surface area (Å²) in [7, 11) is -3.60. The average Bonchev–Trinajstić information content (AvgIpc) is 3.24. The van der Waals surface area contributed by atoms with Crippen molar-refractivity contribution >= 4 is 15.9 Å². The van der Waals surface area contributed by atoms with Crippen LogP contribution in [0.5, 0.6) is 0 Å². The van der Waals surface area contributed by atoms with E-state index in [0.29, 0.717) is 30.9 Å². The molecule has 1 atom stereocenters. The van der Waals surface area contributed by atoms with Gasteiger partial charge >= 0.3 is 0 Å².